The Morgan fingerprint density at radius 2 is 1.94 bits per heavy atom. The average molecular weight is 237 g/mol. The van der Waals surface area contributed by atoms with E-state index in [-0.39, 0.29) is 31.4 Å². The van der Waals surface area contributed by atoms with Crippen molar-refractivity contribution >= 4 is 17.5 Å². The number of nitrogens with zero attached hydrogens (tertiary/aromatic N) is 1. The Morgan fingerprint density at radius 1 is 1.29 bits per heavy atom. The van der Waals surface area contributed by atoms with E-state index in [0.717, 1.165) is 0 Å². The number of benzene rings is 1. The van der Waals surface area contributed by atoms with Crippen LogP contribution in [0.25, 0.3) is 0 Å². The summed E-state index contributed by atoms with van der Waals surface area (Å²) in [5.74, 6) is -1.20. The van der Waals surface area contributed by atoms with Crippen LogP contribution < -0.4 is 16.0 Å². The molecule has 1 aromatic rings. The fraction of sp³-hybridized carbons (Fsp3) is 0.273. The van der Waals surface area contributed by atoms with Crippen LogP contribution in [0.1, 0.15) is 5.56 Å². The van der Waals surface area contributed by atoms with Gasteiger partial charge in [-0.2, -0.15) is 0 Å². The molecule has 1 heterocycles. The molecule has 0 atom stereocenters. The lowest BCUT2D eigenvalue weighted by Crippen LogP contribution is -2.51. The van der Waals surface area contributed by atoms with Crippen LogP contribution in [0.4, 0.5) is 10.1 Å². The van der Waals surface area contributed by atoms with Crippen molar-refractivity contribution in [2.45, 2.75) is 6.54 Å². The Kier molecular flexibility index (Phi) is 3.06. The fourth-order valence-electron chi connectivity index (χ4n) is 1.72. The highest BCUT2D eigenvalue weighted by Gasteiger charge is 2.22. The molecule has 17 heavy (non-hydrogen) atoms. The molecule has 1 aromatic carbocycles. The standard InChI is InChI=1S/C11H12FN3O2/c12-9-3-8(2-1-7(9)4-13)15-5-10(16)14-11(17)6-15/h1-3H,4-6,13H2,(H,14,16,17). The van der Waals surface area contributed by atoms with Crippen molar-refractivity contribution in [1.82, 2.24) is 5.32 Å². The van der Waals surface area contributed by atoms with Crippen molar-refractivity contribution in [3.8, 4) is 0 Å². The summed E-state index contributed by atoms with van der Waals surface area (Å²) in [7, 11) is 0. The fourth-order valence-corrected chi connectivity index (χ4v) is 1.72. The van der Waals surface area contributed by atoms with Crippen LogP contribution in [-0.4, -0.2) is 24.9 Å². The van der Waals surface area contributed by atoms with E-state index in [0.29, 0.717) is 11.3 Å². The van der Waals surface area contributed by atoms with Gasteiger partial charge in [0.25, 0.3) is 0 Å². The zero-order valence-electron chi connectivity index (χ0n) is 9.07. The average Bonchev–Trinajstić information content (AvgIpc) is 2.27. The first kappa shape index (κ1) is 11.5. The number of nitrogens with one attached hydrogen (secondary N) is 1. The van der Waals surface area contributed by atoms with Crippen LogP contribution in [0.5, 0.6) is 0 Å². The van der Waals surface area contributed by atoms with Crippen molar-refractivity contribution in [3.05, 3.63) is 29.6 Å². The van der Waals surface area contributed by atoms with E-state index in [4.69, 9.17) is 5.73 Å². The van der Waals surface area contributed by atoms with E-state index < -0.39 is 5.82 Å². The zero-order valence-corrected chi connectivity index (χ0v) is 9.07. The molecule has 0 aliphatic carbocycles. The van der Waals surface area contributed by atoms with Crippen LogP contribution in [0, 0.1) is 5.82 Å². The van der Waals surface area contributed by atoms with E-state index in [1.54, 1.807) is 12.1 Å². The largest absolute Gasteiger partial charge is 0.353 e. The maximum Gasteiger partial charge on any atom is 0.246 e. The number of carbonyl (C=O) groups is 2. The SMILES string of the molecule is NCc1ccc(N2CC(=O)NC(=O)C2)cc1F. The molecule has 1 aliphatic rings. The molecule has 2 rings (SSSR count). The number of rotatable bonds is 2. The molecular formula is C11H12FN3O2. The molecule has 0 saturated carbocycles. The first-order valence-corrected chi connectivity index (χ1v) is 5.16. The minimum absolute atomic E-state index is 0.0488. The normalized spacial score (nSPS) is 16.0. The third-order valence-corrected chi connectivity index (χ3v) is 2.57. The summed E-state index contributed by atoms with van der Waals surface area (Å²) in [4.78, 5) is 23.9. The number of anilines is 1. The Balaban J connectivity index is 2.25. The molecule has 90 valence electrons. The smallest absolute Gasteiger partial charge is 0.246 e. The van der Waals surface area contributed by atoms with Gasteiger partial charge in [0.2, 0.25) is 11.8 Å². The molecule has 6 heteroatoms. The monoisotopic (exact) mass is 237 g/mol. The molecule has 1 fully saturated rings. The van der Waals surface area contributed by atoms with E-state index in [9.17, 15) is 14.0 Å². The third kappa shape index (κ3) is 2.42. The lowest BCUT2D eigenvalue weighted by Gasteiger charge is -2.27. The molecule has 0 aromatic heterocycles. The van der Waals surface area contributed by atoms with Crippen LogP contribution in [-0.2, 0) is 16.1 Å². The maximum absolute atomic E-state index is 13.5. The molecular weight excluding hydrogens is 225 g/mol. The highest BCUT2D eigenvalue weighted by atomic mass is 19.1. The second kappa shape index (κ2) is 4.50. The van der Waals surface area contributed by atoms with E-state index in [1.165, 1.54) is 11.0 Å². The minimum atomic E-state index is -0.427. The van der Waals surface area contributed by atoms with Crippen molar-refractivity contribution in [1.29, 1.82) is 0 Å². The number of imide groups is 1. The summed E-state index contributed by atoms with van der Waals surface area (Å²) in [5, 5.41) is 2.18. The number of nitrogens with two attached hydrogens (primary N) is 1. The topological polar surface area (TPSA) is 75.4 Å². The maximum atomic E-state index is 13.5. The van der Waals surface area contributed by atoms with Crippen LogP contribution in [0.3, 0.4) is 0 Å². The van der Waals surface area contributed by atoms with Gasteiger partial charge in [0.1, 0.15) is 5.82 Å². The quantitative estimate of drug-likeness (QED) is 0.695. The summed E-state index contributed by atoms with van der Waals surface area (Å²) < 4.78 is 13.5. The number of carbonyl (C=O) groups excluding carboxylic acids is 2. The van der Waals surface area contributed by atoms with Crippen molar-refractivity contribution in [2.24, 2.45) is 5.73 Å². The van der Waals surface area contributed by atoms with Gasteiger partial charge in [-0.25, -0.2) is 4.39 Å². The molecule has 0 radical (unpaired) electrons. The minimum Gasteiger partial charge on any atom is -0.353 e. The van der Waals surface area contributed by atoms with E-state index in [1.807, 2.05) is 0 Å². The van der Waals surface area contributed by atoms with Gasteiger partial charge < -0.3 is 10.6 Å². The number of amides is 2. The summed E-state index contributed by atoms with van der Waals surface area (Å²) in [6.07, 6.45) is 0. The third-order valence-electron chi connectivity index (χ3n) is 2.57. The number of hydrogen-bond donors (Lipinski definition) is 2. The zero-order chi connectivity index (χ0) is 12.4. The van der Waals surface area contributed by atoms with Crippen molar-refractivity contribution in [3.63, 3.8) is 0 Å². The van der Waals surface area contributed by atoms with E-state index >= 15 is 0 Å². The highest BCUT2D eigenvalue weighted by Crippen LogP contribution is 2.19. The first-order chi connectivity index (χ1) is 8.10. The van der Waals surface area contributed by atoms with Crippen molar-refractivity contribution in [2.75, 3.05) is 18.0 Å². The second-order valence-electron chi connectivity index (χ2n) is 3.81. The Bertz CT molecular complexity index is 460. The molecule has 0 unspecified atom stereocenters. The van der Waals surface area contributed by atoms with Gasteiger partial charge >= 0.3 is 0 Å². The Morgan fingerprint density at radius 3 is 2.47 bits per heavy atom. The molecule has 0 bridgehead atoms. The molecule has 3 N–H and O–H groups in total. The van der Waals surface area contributed by atoms with Gasteiger partial charge in [0, 0.05) is 17.8 Å². The Hall–Kier alpha value is -1.95. The van der Waals surface area contributed by atoms with E-state index in [2.05, 4.69) is 5.32 Å². The number of hydrogen-bond acceptors (Lipinski definition) is 4. The van der Waals surface area contributed by atoms with Gasteiger partial charge in [0.15, 0.2) is 0 Å². The number of halogens is 1. The summed E-state index contributed by atoms with van der Waals surface area (Å²) >= 11 is 0. The van der Waals surface area contributed by atoms with Crippen LogP contribution in [0.15, 0.2) is 18.2 Å². The van der Waals surface area contributed by atoms with Gasteiger partial charge in [-0.15, -0.1) is 0 Å². The highest BCUT2D eigenvalue weighted by molar-refractivity contribution is 6.02. The molecule has 1 aliphatic heterocycles. The van der Waals surface area contributed by atoms with Crippen molar-refractivity contribution < 1.29 is 14.0 Å². The summed E-state index contributed by atoms with van der Waals surface area (Å²) in [6, 6.07) is 4.49. The lowest BCUT2D eigenvalue weighted by molar-refractivity contribution is -0.130. The van der Waals surface area contributed by atoms with Crippen LogP contribution in [0.2, 0.25) is 0 Å². The van der Waals surface area contributed by atoms with Gasteiger partial charge in [-0.3, -0.25) is 14.9 Å². The van der Waals surface area contributed by atoms with Gasteiger partial charge in [-0.05, 0) is 12.1 Å². The molecule has 2 amide bonds. The second-order valence-corrected chi connectivity index (χ2v) is 3.81. The number of piperazine rings is 1. The predicted octanol–water partition coefficient (Wildman–Crippen LogP) is -0.253. The molecule has 0 spiro atoms. The van der Waals surface area contributed by atoms with Crippen LogP contribution >= 0.6 is 0 Å². The predicted molar refractivity (Wildman–Crippen MR) is 59.7 cm³/mol. The van der Waals surface area contributed by atoms with Gasteiger partial charge in [-0.1, -0.05) is 6.07 Å². The first-order valence-electron chi connectivity index (χ1n) is 5.16. The summed E-state index contributed by atoms with van der Waals surface area (Å²) in [5.41, 5.74) is 6.26. The molecule has 1 saturated heterocycles. The molecule has 5 nitrogen and oxygen atoms in total. The van der Waals surface area contributed by atoms with Gasteiger partial charge in [0.05, 0.1) is 13.1 Å². The Labute approximate surface area is 97.4 Å². The lowest BCUT2D eigenvalue weighted by atomic mass is 10.1. The summed E-state index contributed by atoms with van der Waals surface area (Å²) in [6.45, 7) is 0.214.